The lowest BCUT2D eigenvalue weighted by atomic mass is 10.1. The van der Waals surface area contributed by atoms with Crippen LogP contribution in [-0.2, 0) is 0 Å². The normalized spacial score (nSPS) is 9.63. The minimum atomic E-state index is -0.190. The highest BCUT2D eigenvalue weighted by atomic mass is 35.5. The van der Waals surface area contributed by atoms with Crippen LogP contribution in [0.5, 0.6) is 5.75 Å². The molecular weight excluding hydrogens is 287 g/mol. The first kappa shape index (κ1) is 17.9. The van der Waals surface area contributed by atoms with Crippen LogP contribution in [-0.4, -0.2) is 19.6 Å². The number of nitrogens with one attached hydrogen (secondary N) is 1. The number of halogens is 2. The molecule has 0 spiro atoms. The first-order chi connectivity index (χ1) is 8.60. The third-order valence-electron chi connectivity index (χ3n) is 2.63. The van der Waals surface area contributed by atoms with E-state index in [1.54, 1.807) is 6.07 Å². The predicted octanol–water partition coefficient (Wildman–Crippen LogP) is 3.27. The topological polar surface area (TPSA) is 64.4 Å². The molecule has 0 aliphatic carbocycles. The van der Waals surface area contributed by atoms with Crippen LogP contribution in [0.4, 0.5) is 5.69 Å². The fourth-order valence-electron chi connectivity index (χ4n) is 1.59. The fraction of sp³-hybridized carbons (Fsp3) is 0.462. The molecule has 1 aromatic rings. The molecule has 19 heavy (non-hydrogen) atoms. The Labute approximate surface area is 125 Å². The molecular formula is C13H20Cl2N2O2. The first-order valence-corrected chi connectivity index (χ1v) is 6.39. The molecule has 1 amide bonds. The van der Waals surface area contributed by atoms with Gasteiger partial charge in [0.15, 0.2) is 0 Å². The third-order valence-corrected chi connectivity index (χ3v) is 2.96. The Kier molecular flexibility index (Phi) is 8.35. The second-order valence-corrected chi connectivity index (χ2v) is 4.44. The van der Waals surface area contributed by atoms with Gasteiger partial charge in [-0.05, 0) is 12.5 Å². The first-order valence-electron chi connectivity index (χ1n) is 6.01. The molecule has 0 atom stereocenters. The number of benzene rings is 1. The molecule has 108 valence electrons. The van der Waals surface area contributed by atoms with Crippen LogP contribution in [0, 0.1) is 0 Å². The number of hydrogen-bond acceptors (Lipinski definition) is 3. The lowest BCUT2D eigenvalue weighted by Gasteiger charge is -2.11. The summed E-state index contributed by atoms with van der Waals surface area (Å²) in [7, 11) is 1.50. The van der Waals surface area contributed by atoms with Crippen LogP contribution >= 0.6 is 24.0 Å². The van der Waals surface area contributed by atoms with Crippen molar-refractivity contribution in [3.8, 4) is 5.75 Å². The van der Waals surface area contributed by atoms with Gasteiger partial charge in [-0.2, -0.15) is 0 Å². The van der Waals surface area contributed by atoms with Crippen molar-refractivity contribution in [1.82, 2.24) is 5.32 Å². The van der Waals surface area contributed by atoms with E-state index < -0.39 is 0 Å². The molecule has 0 radical (unpaired) electrons. The Balaban J connectivity index is 0.00000324. The van der Waals surface area contributed by atoms with Gasteiger partial charge in [-0.25, -0.2) is 0 Å². The Bertz CT molecular complexity index is 425. The van der Waals surface area contributed by atoms with Crippen molar-refractivity contribution in [1.29, 1.82) is 0 Å². The van der Waals surface area contributed by atoms with Crippen molar-refractivity contribution in [3.05, 3.63) is 22.7 Å². The van der Waals surface area contributed by atoms with Crippen molar-refractivity contribution in [2.75, 3.05) is 19.4 Å². The van der Waals surface area contributed by atoms with Gasteiger partial charge < -0.3 is 15.8 Å². The van der Waals surface area contributed by atoms with Crippen molar-refractivity contribution in [3.63, 3.8) is 0 Å². The van der Waals surface area contributed by atoms with Crippen molar-refractivity contribution in [2.45, 2.75) is 26.2 Å². The number of rotatable bonds is 6. The van der Waals surface area contributed by atoms with E-state index in [0.717, 1.165) is 19.3 Å². The maximum atomic E-state index is 12.0. The summed E-state index contributed by atoms with van der Waals surface area (Å²) >= 11 is 5.91. The number of methoxy groups -OCH3 is 1. The van der Waals surface area contributed by atoms with Gasteiger partial charge in [0.25, 0.3) is 5.91 Å². The van der Waals surface area contributed by atoms with Crippen LogP contribution in [0.3, 0.4) is 0 Å². The van der Waals surface area contributed by atoms with E-state index in [2.05, 4.69) is 12.2 Å². The Morgan fingerprint density at radius 1 is 1.42 bits per heavy atom. The summed E-state index contributed by atoms with van der Waals surface area (Å²) in [5.74, 6) is 0.245. The van der Waals surface area contributed by atoms with Gasteiger partial charge in [0.05, 0.1) is 23.4 Å². The number of ether oxygens (including phenoxy) is 1. The molecule has 1 aromatic carbocycles. The molecule has 0 saturated heterocycles. The molecule has 0 bridgehead atoms. The molecule has 0 aromatic heterocycles. The Morgan fingerprint density at radius 3 is 2.68 bits per heavy atom. The van der Waals surface area contributed by atoms with Crippen molar-refractivity contribution < 1.29 is 9.53 Å². The number of amides is 1. The van der Waals surface area contributed by atoms with Gasteiger partial charge in [0.1, 0.15) is 5.75 Å². The minimum absolute atomic E-state index is 0. The summed E-state index contributed by atoms with van der Waals surface area (Å²) in [6.07, 6.45) is 3.18. The molecule has 6 heteroatoms. The van der Waals surface area contributed by atoms with Gasteiger partial charge in [-0.1, -0.05) is 31.4 Å². The predicted molar refractivity (Wildman–Crippen MR) is 81.5 cm³/mol. The largest absolute Gasteiger partial charge is 0.496 e. The highest BCUT2D eigenvalue weighted by Gasteiger charge is 2.14. The van der Waals surface area contributed by atoms with Crippen LogP contribution < -0.4 is 15.8 Å². The number of carbonyl (C=O) groups excluding carboxylic acids is 1. The number of nitrogen functional groups attached to an aromatic ring is 1. The number of nitrogens with two attached hydrogens (primary N) is 1. The highest BCUT2D eigenvalue weighted by molar-refractivity contribution is 6.33. The minimum Gasteiger partial charge on any atom is -0.496 e. The molecule has 1 rings (SSSR count). The van der Waals surface area contributed by atoms with Gasteiger partial charge in [0.2, 0.25) is 0 Å². The van der Waals surface area contributed by atoms with Crippen molar-refractivity contribution >= 4 is 35.6 Å². The zero-order valence-corrected chi connectivity index (χ0v) is 12.7. The van der Waals surface area contributed by atoms with Crippen LogP contribution in [0.2, 0.25) is 5.02 Å². The second-order valence-electron chi connectivity index (χ2n) is 4.04. The average molecular weight is 307 g/mol. The maximum Gasteiger partial charge on any atom is 0.255 e. The van der Waals surface area contributed by atoms with E-state index in [9.17, 15) is 4.79 Å². The zero-order chi connectivity index (χ0) is 13.5. The lowest BCUT2D eigenvalue weighted by molar-refractivity contribution is 0.0950. The molecule has 4 nitrogen and oxygen atoms in total. The number of hydrogen-bond donors (Lipinski definition) is 2. The van der Waals surface area contributed by atoms with E-state index in [0.29, 0.717) is 28.6 Å². The van der Waals surface area contributed by atoms with Gasteiger partial charge in [-0.15, -0.1) is 12.4 Å². The number of carbonyl (C=O) groups is 1. The summed E-state index contributed by atoms with van der Waals surface area (Å²) in [6.45, 7) is 2.77. The summed E-state index contributed by atoms with van der Waals surface area (Å²) in [6, 6.07) is 3.09. The van der Waals surface area contributed by atoms with E-state index in [-0.39, 0.29) is 18.3 Å². The Morgan fingerprint density at radius 2 is 2.11 bits per heavy atom. The number of unbranched alkanes of at least 4 members (excludes halogenated alkanes) is 2. The third kappa shape index (κ3) is 5.17. The zero-order valence-electron chi connectivity index (χ0n) is 11.2. The van der Waals surface area contributed by atoms with Crippen LogP contribution in [0.15, 0.2) is 12.1 Å². The molecule has 0 fully saturated rings. The fourth-order valence-corrected chi connectivity index (χ4v) is 1.75. The van der Waals surface area contributed by atoms with Gasteiger partial charge in [0, 0.05) is 12.6 Å². The average Bonchev–Trinajstić information content (AvgIpc) is 2.37. The molecule has 3 N–H and O–H groups in total. The molecule has 0 saturated carbocycles. The molecule has 0 heterocycles. The van der Waals surface area contributed by atoms with Crippen LogP contribution in [0.1, 0.15) is 36.5 Å². The summed E-state index contributed by atoms with van der Waals surface area (Å²) in [5, 5.41) is 3.19. The van der Waals surface area contributed by atoms with Crippen molar-refractivity contribution in [2.24, 2.45) is 0 Å². The molecule has 0 unspecified atom stereocenters. The van der Waals surface area contributed by atoms with Crippen LogP contribution in [0.25, 0.3) is 0 Å². The summed E-state index contributed by atoms with van der Waals surface area (Å²) < 4.78 is 5.13. The maximum absolute atomic E-state index is 12.0. The molecule has 0 aliphatic heterocycles. The van der Waals surface area contributed by atoms with E-state index in [1.165, 1.54) is 13.2 Å². The Hall–Kier alpha value is -1.13. The standard InChI is InChI=1S/C13H19ClN2O2.ClH/c1-3-4-5-6-16-13(17)9-7-10(14)11(15)8-12(9)18-2;/h7-8H,3-6,15H2,1-2H3,(H,16,17);1H. The van der Waals surface area contributed by atoms with E-state index in [1.807, 2.05) is 0 Å². The van der Waals surface area contributed by atoms with E-state index >= 15 is 0 Å². The lowest BCUT2D eigenvalue weighted by Crippen LogP contribution is -2.25. The monoisotopic (exact) mass is 306 g/mol. The summed E-state index contributed by atoms with van der Waals surface area (Å²) in [5.41, 5.74) is 6.47. The quantitative estimate of drug-likeness (QED) is 0.626. The smallest absolute Gasteiger partial charge is 0.255 e. The second kappa shape index (κ2) is 8.88. The molecule has 0 aliphatic rings. The van der Waals surface area contributed by atoms with E-state index in [4.69, 9.17) is 22.1 Å². The van der Waals surface area contributed by atoms with Gasteiger partial charge >= 0.3 is 0 Å². The SMILES string of the molecule is CCCCCNC(=O)c1cc(Cl)c(N)cc1OC.Cl. The van der Waals surface area contributed by atoms with Gasteiger partial charge in [-0.3, -0.25) is 4.79 Å². The highest BCUT2D eigenvalue weighted by Crippen LogP contribution is 2.28. The summed E-state index contributed by atoms with van der Waals surface area (Å²) in [4.78, 5) is 12.0. The number of anilines is 1.